The first kappa shape index (κ1) is 22.0. The van der Waals surface area contributed by atoms with Crippen LogP contribution in [0.15, 0.2) is 23.2 Å². The molecule has 1 aromatic carbocycles. The molecule has 180 valence electrons. The molecule has 7 rings (SSSR count). The number of amides is 1. The van der Waals surface area contributed by atoms with Crippen LogP contribution in [-0.2, 0) is 27.9 Å². The molecule has 1 saturated heterocycles. The topological polar surface area (TPSA) is 72.6 Å². The Morgan fingerprint density at radius 1 is 1.17 bits per heavy atom. The van der Waals surface area contributed by atoms with E-state index in [0.29, 0.717) is 42.8 Å². The van der Waals surface area contributed by atoms with Gasteiger partial charge in [0.25, 0.3) is 0 Å². The lowest BCUT2D eigenvalue weighted by molar-refractivity contribution is -0.139. The summed E-state index contributed by atoms with van der Waals surface area (Å²) >= 11 is 14.9. The van der Waals surface area contributed by atoms with Crippen molar-refractivity contribution >= 4 is 46.2 Å². The number of hydrogen-bond donors (Lipinski definition) is 0. The molecule has 1 atom stereocenters. The van der Waals surface area contributed by atoms with Gasteiger partial charge in [0.05, 0.1) is 23.9 Å². The minimum atomic E-state index is -0.393. The number of nitrogens with zero attached hydrogens (tertiary/aromatic N) is 5. The highest BCUT2D eigenvalue weighted by Gasteiger charge is 2.52. The molecule has 35 heavy (non-hydrogen) atoms. The SMILES string of the molecule is Cc1nnc2n1-c1sc3c(c1C(c1cc(Cl)ccc1Cl)=NC21CC1)C[C@H](C(=O)N1CCOCC1)C3. The Bertz CT molecular complexity index is 1420. The van der Waals surface area contributed by atoms with Crippen molar-refractivity contribution in [2.24, 2.45) is 10.9 Å². The zero-order chi connectivity index (χ0) is 23.9. The Balaban J connectivity index is 1.39. The van der Waals surface area contributed by atoms with E-state index in [1.165, 1.54) is 10.4 Å². The number of hydrogen-bond acceptors (Lipinski definition) is 6. The predicted octanol–water partition coefficient (Wildman–Crippen LogP) is 4.36. The number of morpholine rings is 1. The summed E-state index contributed by atoms with van der Waals surface area (Å²) in [7, 11) is 0. The molecule has 2 aliphatic heterocycles. The highest BCUT2D eigenvalue weighted by molar-refractivity contribution is 7.15. The van der Waals surface area contributed by atoms with E-state index in [-0.39, 0.29) is 11.8 Å². The van der Waals surface area contributed by atoms with E-state index in [4.69, 9.17) is 32.9 Å². The van der Waals surface area contributed by atoms with Crippen molar-refractivity contribution in [1.29, 1.82) is 0 Å². The molecular weight excluding hydrogens is 505 g/mol. The Kier molecular flexibility index (Phi) is 4.94. The zero-order valence-electron chi connectivity index (χ0n) is 19.2. The number of aliphatic imine (C=N–C) groups is 1. The summed E-state index contributed by atoms with van der Waals surface area (Å²) in [6, 6.07) is 5.53. The Morgan fingerprint density at radius 2 is 1.97 bits per heavy atom. The van der Waals surface area contributed by atoms with E-state index in [2.05, 4.69) is 14.8 Å². The number of rotatable bonds is 2. The fourth-order valence-electron chi connectivity index (χ4n) is 5.59. The van der Waals surface area contributed by atoms with Crippen LogP contribution >= 0.6 is 34.5 Å². The summed E-state index contributed by atoms with van der Waals surface area (Å²) in [5, 5.41) is 11.3. The fraction of sp³-hybridized carbons (Fsp3) is 0.440. The van der Waals surface area contributed by atoms with Gasteiger partial charge in [-0.2, -0.15) is 0 Å². The summed E-state index contributed by atoms with van der Waals surface area (Å²) in [6.45, 7) is 4.54. The average Bonchev–Trinajstić information content (AvgIpc) is 3.20. The number of benzene rings is 1. The van der Waals surface area contributed by atoms with Gasteiger partial charge in [-0.25, -0.2) is 0 Å². The standard InChI is InChI=1S/C25H23Cl2N5O2S/c1-13-29-30-24-25(4-5-25)28-21(16-12-15(26)2-3-18(16)27)20-17-10-14(11-19(17)35-23(20)32(13)24)22(33)31-6-8-34-9-7-31/h2-3,12,14H,4-11H2,1H3/t14-/m0/s1. The quantitative estimate of drug-likeness (QED) is 0.496. The largest absolute Gasteiger partial charge is 0.378 e. The molecule has 2 aliphatic carbocycles. The third kappa shape index (κ3) is 3.34. The smallest absolute Gasteiger partial charge is 0.226 e. The van der Waals surface area contributed by atoms with Gasteiger partial charge in [-0.05, 0) is 56.4 Å². The lowest BCUT2D eigenvalue weighted by Gasteiger charge is -2.29. The van der Waals surface area contributed by atoms with E-state index in [9.17, 15) is 4.79 Å². The van der Waals surface area contributed by atoms with Gasteiger partial charge in [0.1, 0.15) is 16.4 Å². The Morgan fingerprint density at radius 3 is 2.74 bits per heavy atom. The van der Waals surface area contributed by atoms with Crippen LogP contribution < -0.4 is 0 Å². The zero-order valence-corrected chi connectivity index (χ0v) is 21.5. The molecule has 4 aliphatic rings. The molecule has 1 amide bonds. The highest BCUT2D eigenvalue weighted by Crippen LogP contribution is 2.54. The molecular formula is C25H23Cl2N5O2S. The molecule has 3 aromatic rings. The van der Waals surface area contributed by atoms with Gasteiger partial charge >= 0.3 is 0 Å². The number of carbonyl (C=O) groups excluding carboxylic acids is 1. The van der Waals surface area contributed by atoms with Crippen molar-refractivity contribution in [3.8, 4) is 5.00 Å². The molecule has 0 radical (unpaired) electrons. The van der Waals surface area contributed by atoms with Crippen LogP contribution in [0.5, 0.6) is 0 Å². The molecule has 10 heteroatoms. The maximum absolute atomic E-state index is 13.4. The van der Waals surface area contributed by atoms with Gasteiger partial charge in [-0.15, -0.1) is 21.5 Å². The first-order valence-corrected chi connectivity index (χ1v) is 13.5. The van der Waals surface area contributed by atoms with Gasteiger partial charge in [0.2, 0.25) is 5.91 Å². The minimum absolute atomic E-state index is 0.0599. The molecule has 0 N–H and O–H groups in total. The van der Waals surface area contributed by atoms with Crippen molar-refractivity contribution in [1.82, 2.24) is 19.7 Å². The van der Waals surface area contributed by atoms with Crippen LogP contribution in [-0.4, -0.2) is 57.6 Å². The van der Waals surface area contributed by atoms with Crippen LogP contribution in [0.4, 0.5) is 0 Å². The molecule has 4 heterocycles. The van der Waals surface area contributed by atoms with Gasteiger partial charge in [-0.3, -0.25) is 14.4 Å². The number of aromatic nitrogens is 3. The van der Waals surface area contributed by atoms with E-state index < -0.39 is 5.54 Å². The fourth-order valence-corrected chi connectivity index (χ4v) is 7.43. The van der Waals surface area contributed by atoms with Crippen molar-refractivity contribution in [2.45, 2.75) is 38.1 Å². The van der Waals surface area contributed by atoms with Crippen LogP contribution in [0, 0.1) is 12.8 Å². The van der Waals surface area contributed by atoms with Crippen LogP contribution in [0.25, 0.3) is 5.00 Å². The normalized spacial score (nSPS) is 21.9. The van der Waals surface area contributed by atoms with E-state index in [1.54, 1.807) is 17.4 Å². The second-order valence-electron chi connectivity index (χ2n) is 9.75. The van der Waals surface area contributed by atoms with Crippen LogP contribution in [0.3, 0.4) is 0 Å². The molecule has 2 fully saturated rings. The van der Waals surface area contributed by atoms with Gasteiger partial charge in [0.15, 0.2) is 5.82 Å². The molecule has 2 aromatic heterocycles. The van der Waals surface area contributed by atoms with Crippen molar-refractivity contribution in [2.75, 3.05) is 26.3 Å². The van der Waals surface area contributed by atoms with E-state index in [0.717, 1.165) is 52.8 Å². The average molecular weight is 528 g/mol. The highest BCUT2D eigenvalue weighted by atomic mass is 35.5. The summed E-state index contributed by atoms with van der Waals surface area (Å²) in [6.07, 6.45) is 3.27. The Labute approximate surface area is 216 Å². The van der Waals surface area contributed by atoms with Crippen molar-refractivity contribution in [3.05, 3.63) is 61.5 Å². The Hall–Kier alpha value is -2.26. The third-order valence-corrected chi connectivity index (χ3v) is 9.34. The first-order valence-electron chi connectivity index (χ1n) is 11.9. The van der Waals surface area contributed by atoms with Crippen molar-refractivity contribution in [3.63, 3.8) is 0 Å². The van der Waals surface area contributed by atoms with Gasteiger partial charge in [0, 0.05) is 40.0 Å². The number of halogens is 2. The maximum Gasteiger partial charge on any atom is 0.226 e. The van der Waals surface area contributed by atoms with Gasteiger partial charge in [-0.1, -0.05) is 23.2 Å². The monoisotopic (exact) mass is 527 g/mol. The van der Waals surface area contributed by atoms with Crippen LogP contribution in [0.1, 0.15) is 46.1 Å². The summed E-state index contributed by atoms with van der Waals surface area (Å²) < 4.78 is 7.63. The van der Waals surface area contributed by atoms with E-state index >= 15 is 0 Å². The second-order valence-corrected chi connectivity index (χ2v) is 11.7. The number of aryl methyl sites for hydroxylation is 1. The lowest BCUT2D eigenvalue weighted by Crippen LogP contribution is -2.44. The second kappa shape index (κ2) is 7.87. The summed E-state index contributed by atoms with van der Waals surface area (Å²) in [5.74, 6) is 1.90. The number of ether oxygens (including phenoxy) is 1. The number of fused-ring (bicyclic) bond motifs is 6. The maximum atomic E-state index is 13.4. The van der Waals surface area contributed by atoms with Crippen molar-refractivity contribution < 1.29 is 9.53 Å². The summed E-state index contributed by atoms with van der Waals surface area (Å²) in [4.78, 5) is 21.9. The van der Waals surface area contributed by atoms with E-state index in [1.807, 2.05) is 24.0 Å². The first-order chi connectivity index (χ1) is 16.9. The molecule has 1 saturated carbocycles. The minimum Gasteiger partial charge on any atom is -0.378 e. The molecule has 0 unspecified atom stereocenters. The number of thiophene rings is 1. The molecule has 1 spiro atoms. The molecule has 7 nitrogen and oxygen atoms in total. The number of carbonyl (C=O) groups is 1. The third-order valence-electron chi connectivity index (χ3n) is 7.54. The molecule has 0 bridgehead atoms. The lowest BCUT2D eigenvalue weighted by atomic mass is 9.97. The van der Waals surface area contributed by atoms with Crippen LogP contribution in [0.2, 0.25) is 10.0 Å². The predicted molar refractivity (Wildman–Crippen MR) is 135 cm³/mol. The van der Waals surface area contributed by atoms with Gasteiger partial charge < -0.3 is 9.64 Å². The summed E-state index contributed by atoms with van der Waals surface area (Å²) in [5.41, 5.74) is 3.54.